The number of aromatic nitrogens is 1. The second kappa shape index (κ2) is 6.82. The first-order chi connectivity index (χ1) is 11.6. The molecular formula is C17H21N3O4. The van der Waals surface area contributed by atoms with Crippen LogP contribution >= 0.6 is 0 Å². The lowest BCUT2D eigenvalue weighted by atomic mass is 10.2. The van der Waals surface area contributed by atoms with Crippen LogP contribution in [0.2, 0.25) is 0 Å². The highest BCUT2D eigenvalue weighted by Gasteiger charge is 2.26. The number of hydrogen-bond donors (Lipinski definition) is 1. The fourth-order valence-corrected chi connectivity index (χ4v) is 2.83. The summed E-state index contributed by atoms with van der Waals surface area (Å²) in [4.78, 5) is 30.9. The predicted molar refractivity (Wildman–Crippen MR) is 89.3 cm³/mol. The van der Waals surface area contributed by atoms with Crippen molar-refractivity contribution >= 4 is 22.9 Å². The highest BCUT2D eigenvalue weighted by molar-refractivity contribution is 5.98. The third-order valence-electron chi connectivity index (χ3n) is 4.15. The van der Waals surface area contributed by atoms with E-state index in [0.717, 1.165) is 16.7 Å². The van der Waals surface area contributed by atoms with Crippen LogP contribution < -0.4 is 4.74 Å². The van der Waals surface area contributed by atoms with Gasteiger partial charge in [0.2, 0.25) is 0 Å². The fraction of sp³-hybridized carbons (Fsp3) is 0.412. The van der Waals surface area contributed by atoms with E-state index in [4.69, 9.17) is 9.47 Å². The maximum Gasteiger partial charge on any atom is 0.409 e. The molecule has 7 heteroatoms. The van der Waals surface area contributed by atoms with Gasteiger partial charge in [-0.05, 0) is 31.2 Å². The summed E-state index contributed by atoms with van der Waals surface area (Å²) in [6, 6.07) is 7.47. The third-order valence-corrected chi connectivity index (χ3v) is 4.15. The van der Waals surface area contributed by atoms with Crippen LogP contribution in [-0.2, 0) is 4.74 Å². The van der Waals surface area contributed by atoms with Crippen molar-refractivity contribution in [2.75, 3.05) is 39.9 Å². The second-order valence-corrected chi connectivity index (χ2v) is 5.61. The number of methoxy groups -OCH3 is 1. The minimum Gasteiger partial charge on any atom is -0.497 e. The highest BCUT2D eigenvalue weighted by Crippen LogP contribution is 2.22. The number of carbonyl (C=O) groups excluding carboxylic acids is 2. The zero-order chi connectivity index (χ0) is 17.1. The molecule has 0 aliphatic carbocycles. The molecule has 0 bridgehead atoms. The van der Waals surface area contributed by atoms with Crippen LogP contribution in [0, 0.1) is 0 Å². The summed E-state index contributed by atoms with van der Waals surface area (Å²) in [5, 5.41) is 0.933. The maximum atomic E-state index is 12.7. The molecule has 0 spiro atoms. The first-order valence-corrected chi connectivity index (χ1v) is 8.00. The van der Waals surface area contributed by atoms with E-state index in [1.54, 1.807) is 23.8 Å². The molecule has 1 aromatic carbocycles. The van der Waals surface area contributed by atoms with Crippen LogP contribution in [0.15, 0.2) is 24.3 Å². The normalized spacial score (nSPS) is 14.8. The summed E-state index contributed by atoms with van der Waals surface area (Å²) in [6.07, 6.45) is -0.317. The Morgan fingerprint density at radius 3 is 2.50 bits per heavy atom. The number of carbonyl (C=O) groups is 2. The smallest absolute Gasteiger partial charge is 0.409 e. The van der Waals surface area contributed by atoms with Gasteiger partial charge >= 0.3 is 6.09 Å². The second-order valence-electron chi connectivity index (χ2n) is 5.61. The van der Waals surface area contributed by atoms with Gasteiger partial charge in [-0.2, -0.15) is 0 Å². The van der Waals surface area contributed by atoms with Gasteiger partial charge in [0, 0.05) is 37.1 Å². The molecule has 24 heavy (non-hydrogen) atoms. The Bertz CT molecular complexity index is 747. The summed E-state index contributed by atoms with van der Waals surface area (Å²) in [5.41, 5.74) is 1.44. The Morgan fingerprint density at radius 2 is 1.83 bits per heavy atom. The number of ether oxygens (including phenoxy) is 2. The Kier molecular flexibility index (Phi) is 4.59. The molecule has 2 heterocycles. The van der Waals surface area contributed by atoms with E-state index >= 15 is 0 Å². The van der Waals surface area contributed by atoms with E-state index in [2.05, 4.69) is 4.98 Å². The molecule has 2 aromatic rings. The minimum absolute atomic E-state index is 0.0614. The average molecular weight is 331 g/mol. The van der Waals surface area contributed by atoms with E-state index in [0.29, 0.717) is 38.5 Å². The Hall–Kier alpha value is -2.70. The molecule has 0 saturated carbocycles. The van der Waals surface area contributed by atoms with Gasteiger partial charge in [-0.1, -0.05) is 0 Å². The molecule has 0 unspecified atom stereocenters. The number of nitrogens with one attached hydrogen (secondary N) is 1. The van der Waals surface area contributed by atoms with Crippen molar-refractivity contribution in [3.63, 3.8) is 0 Å². The molecule has 7 nitrogen and oxygen atoms in total. The molecule has 2 amide bonds. The summed E-state index contributed by atoms with van der Waals surface area (Å²) < 4.78 is 10.2. The number of rotatable bonds is 3. The minimum atomic E-state index is -0.317. The van der Waals surface area contributed by atoms with Crippen LogP contribution in [0.5, 0.6) is 5.75 Å². The monoisotopic (exact) mass is 331 g/mol. The van der Waals surface area contributed by atoms with Gasteiger partial charge in [0.25, 0.3) is 5.91 Å². The lowest BCUT2D eigenvalue weighted by Gasteiger charge is -2.33. The molecule has 1 fully saturated rings. The largest absolute Gasteiger partial charge is 0.497 e. The molecule has 3 rings (SSSR count). The van der Waals surface area contributed by atoms with E-state index < -0.39 is 0 Å². The highest BCUT2D eigenvalue weighted by atomic mass is 16.6. The van der Waals surface area contributed by atoms with Gasteiger partial charge in [-0.3, -0.25) is 4.79 Å². The van der Waals surface area contributed by atoms with E-state index in [1.165, 1.54) is 0 Å². The lowest BCUT2D eigenvalue weighted by Crippen LogP contribution is -2.50. The Balaban J connectivity index is 1.68. The number of amides is 2. The van der Waals surface area contributed by atoms with Crippen LogP contribution in [0.3, 0.4) is 0 Å². The molecule has 1 aliphatic heterocycles. The zero-order valence-electron chi connectivity index (χ0n) is 13.9. The standard InChI is InChI=1S/C17H21N3O4/c1-3-24-17(22)20-8-6-19(7-9-20)16(21)15-11-12-10-13(23-2)4-5-14(12)18-15/h4-5,10-11,18H,3,6-9H2,1-2H3. The first-order valence-electron chi connectivity index (χ1n) is 8.00. The number of piperazine rings is 1. The van der Waals surface area contributed by atoms with Crippen molar-refractivity contribution in [2.24, 2.45) is 0 Å². The van der Waals surface area contributed by atoms with Gasteiger partial charge in [-0.15, -0.1) is 0 Å². The molecular weight excluding hydrogens is 310 g/mol. The van der Waals surface area contributed by atoms with Gasteiger partial charge in [0.1, 0.15) is 11.4 Å². The van der Waals surface area contributed by atoms with Crippen LogP contribution in [0.1, 0.15) is 17.4 Å². The molecule has 1 saturated heterocycles. The Morgan fingerprint density at radius 1 is 1.12 bits per heavy atom. The SMILES string of the molecule is CCOC(=O)N1CCN(C(=O)c2cc3cc(OC)ccc3[nH]2)CC1. The molecule has 0 atom stereocenters. The lowest BCUT2D eigenvalue weighted by molar-refractivity contribution is 0.0566. The van der Waals surface area contributed by atoms with Crippen LogP contribution in [0.4, 0.5) is 4.79 Å². The van der Waals surface area contributed by atoms with Crippen molar-refractivity contribution < 1.29 is 19.1 Å². The van der Waals surface area contributed by atoms with Crippen LogP contribution in [-0.4, -0.2) is 66.7 Å². The molecule has 1 aromatic heterocycles. The number of nitrogens with zero attached hydrogens (tertiary/aromatic N) is 2. The third kappa shape index (κ3) is 3.15. The summed E-state index contributed by atoms with van der Waals surface area (Å²) in [5.74, 6) is 0.692. The van der Waals surface area contributed by atoms with Crippen molar-refractivity contribution in [3.05, 3.63) is 30.0 Å². The maximum absolute atomic E-state index is 12.7. The summed E-state index contributed by atoms with van der Waals surface area (Å²) in [6.45, 7) is 4.10. The van der Waals surface area contributed by atoms with Gasteiger partial charge < -0.3 is 24.3 Å². The number of fused-ring (bicyclic) bond motifs is 1. The molecule has 0 radical (unpaired) electrons. The zero-order valence-corrected chi connectivity index (χ0v) is 13.9. The summed E-state index contributed by atoms with van der Waals surface area (Å²) in [7, 11) is 1.61. The van der Waals surface area contributed by atoms with E-state index in [1.807, 2.05) is 24.3 Å². The molecule has 1 aliphatic rings. The number of benzene rings is 1. The number of hydrogen-bond acceptors (Lipinski definition) is 4. The van der Waals surface area contributed by atoms with Gasteiger partial charge in [0.05, 0.1) is 13.7 Å². The van der Waals surface area contributed by atoms with Crippen molar-refractivity contribution in [1.29, 1.82) is 0 Å². The predicted octanol–water partition coefficient (Wildman–Crippen LogP) is 2.09. The van der Waals surface area contributed by atoms with Crippen molar-refractivity contribution in [2.45, 2.75) is 6.92 Å². The molecule has 1 N–H and O–H groups in total. The van der Waals surface area contributed by atoms with Crippen molar-refractivity contribution in [1.82, 2.24) is 14.8 Å². The average Bonchev–Trinajstić information content (AvgIpc) is 3.04. The van der Waals surface area contributed by atoms with Gasteiger partial charge in [-0.25, -0.2) is 4.79 Å². The topological polar surface area (TPSA) is 74.9 Å². The summed E-state index contributed by atoms with van der Waals surface area (Å²) >= 11 is 0. The number of H-pyrrole nitrogens is 1. The first kappa shape index (κ1) is 16.2. The van der Waals surface area contributed by atoms with Crippen LogP contribution in [0.25, 0.3) is 10.9 Å². The quantitative estimate of drug-likeness (QED) is 0.934. The van der Waals surface area contributed by atoms with E-state index in [-0.39, 0.29) is 12.0 Å². The Labute approximate surface area is 140 Å². The van der Waals surface area contributed by atoms with E-state index in [9.17, 15) is 9.59 Å². The van der Waals surface area contributed by atoms with Gasteiger partial charge in [0.15, 0.2) is 0 Å². The molecule has 128 valence electrons. The fourth-order valence-electron chi connectivity index (χ4n) is 2.83. The number of aromatic amines is 1. The van der Waals surface area contributed by atoms with Crippen molar-refractivity contribution in [3.8, 4) is 5.75 Å².